The molecule has 0 bridgehead atoms. The Kier molecular flexibility index (Phi) is 4.10. The van der Waals surface area contributed by atoms with E-state index in [4.69, 9.17) is 0 Å². The smallest absolute Gasteiger partial charge is 0.340 e. The van der Waals surface area contributed by atoms with E-state index in [9.17, 15) is 9.18 Å². The van der Waals surface area contributed by atoms with Gasteiger partial charge in [0, 0.05) is 24.8 Å². The maximum Gasteiger partial charge on any atom is 0.340 e. The Balaban J connectivity index is 1.70. The Labute approximate surface area is 124 Å². The number of carbonyl (C=O) groups is 1. The quantitative estimate of drug-likeness (QED) is 0.800. The van der Waals surface area contributed by atoms with Crippen LogP contribution < -0.4 is 4.90 Å². The summed E-state index contributed by atoms with van der Waals surface area (Å²) in [6, 6.07) is 5.34. The van der Waals surface area contributed by atoms with Gasteiger partial charge in [0.25, 0.3) is 0 Å². The molecule has 114 valence electrons. The van der Waals surface area contributed by atoms with Crippen LogP contribution in [-0.4, -0.2) is 50.2 Å². The van der Waals surface area contributed by atoms with E-state index in [-0.39, 0.29) is 5.56 Å². The van der Waals surface area contributed by atoms with Crippen molar-refractivity contribution < 1.29 is 13.9 Å². The number of likely N-dealkylation sites (tertiary alicyclic amines) is 1. The number of benzene rings is 1. The molecular weight excluding hydrogens is 271 g/mol. The van der Waals surface area contributed by atoms with Crippen molar-refractivity contribution in [1.82, 2.24) is 4.90 Å². The van der Waals surface area contributed by atoms with Crippen molar-refractivity contribution in [3.8, 4) is 0 Å². The minimum Gasteiger partial charge on any atom is -0.465 e. The third-order valence-electron chi connectivity index (χ3n) is 4.54. The topological polar surface area (TPSA) is 32.8 Å². The van der Waals surface area contributed by atoms with Gasteiger partial charge in [0.2, 0.25) is 0 Å². The fraction of sp³-hybridized carbons (Fsp3) is 0.562. The van der Waals surface area contributed by atoms with Crippen molar-refractivity contribution in [2.45, 2.75) is 25.3 Å². The zero-order valence-electron chi connectivity index (χ0n) is 12.3. The number of carbonyl (C=O) groups excluding carboxylic acids is 1. The number of anilines is 1. The van der Waals surface area contributed by atoms with Gasteiger partial charge in [-0.15, -0.1) is 0 Å². The van der Waals surface area contributed by atoms with Crippen LogP contribution >= 0.6 is 0 Å². The van der Waals surface area contributed by atoms with Gasteiger partial charge < -0.3 is 9.64 Å². The van der Waals surface area contributed by atoms with E-state index in [1.165, 1.54) is 45.2 Å². The highest BCUT2D eigenvalue weighted by Gasteiger charge is 2.29. The molecule has 0 radical (unpaired) electrons. The first kappa shape index (κ1) is 14.3. The summed E-state index contributed by atoms with van der Waals surface area (Å²) in [5, 5.41) is 0. The summed E-state index contributed by atoms with van der Waals surface area (Å²) in [4.78, 5) is 16.2. The largest absolute Gasteiger partial charge is 0.465 e. The van der Waals surface area contributed by atoms with Crippen molar-refractivity contribution in [2.75, 3.05) is 38.2 Å². The van der Waals surface area contributed by atoms with Gasteiger partial charge in [-0.1, -0.05) is 0 Å². The SMILES string of the molecule is COC(=O)c1ccc(N2CC[C@H](N3CCCC3)C2)cc1F. The number of rotatable bonds is 3. The molecule has 2 heterocycles. The van der Waals surface area contributed by atoms with Crippen LogP contribution in [0, 0.1) is 5.82 Å². The van der Waals surface area contributed by atoms with Crippen LogP contribution in [0.4, 0.5) is 10.1 Å². The van der Waals surface area contributed by atoms with Gasteiger partial charge in [-0.05, 0) is 50.6 Å². The number of nitrogens with zero attached hydrogens (tertiary/aromatic N) is 2. The monoisotopic (exact) mass is 292 g/mol. The van der Waals surface area contributed by atoms with Crippen molar-refractivity contribution in [3.63, 3.8) is 0 Å². The molecule has 0 amide bonds. The minimum absolute atomic E-state index is 0.00320. The summed E-state index contributed by atoms with van der Waals surface area (Å²) >= 11 is 0. The molecule has 2 aliphatic rings. The van der Waals surface area contributed by atoms with Gasteiger partial charge in [0.05, 0.1) is 12.7 Å². The molecule has 0 aromatic heterocycles. The van der Waals surface area contributed by atoms with Gasteiger partial charge in [-0.2, -0.15) is 0 Å². The Morgan fingerprint density at radius 1 is 1.29 bits per heavy atom. The lowest BCUT2D eigenvalue weighted by molar-refractivity contribution is 0.0595. The molecule has 2 saturated heterocycles. The van der Waals surface area contributed by atoms with E-state index < -0.39 is 11.8 Å². The molecule has 21 heavy (non-hydrogen) atoms. The molecule has 0 spiro atoms. The van der Waals surface area contributed by atoms with Gasteiger partial charge in [0.1, 0.15) is 5.82 Å². The van der Waals surface area contributed by atoms with E-state index in [1.54, 1.807) is 0 Å². The Hall–Kier alpha value is -1.62. The van der Waals surface area contributed by atoms with E-state index in [2.05, 4.69) is 14.5 Å². The summed E-state index contributed by atoms with van der Waals surface area (Å²) in [7, 11) is 1.26. The van der Waals surface area contributed by atoms with Crippen molar-refractivity contribution >= 4 is 11.7 Å². The molecule has 2 aliphatic heterocycles. The van der Waals surface area contributed by atoms with E-state index in [0.29, 0.717) is 6.04 Å². The molecule has 2 fully saturated rings. The molecule has 1 atom stereocenters. The molecule has 0 unspecified atom stereocenters. The predicted molar refractivity (Wildman–Crippen MR) is 79.2 cm³/mol. The third kappa shape index (κ3) is 2.88. The second kappa shape index (κ2) is 6.02. The number of halogens is 1. The van der Waals surface area contributed by atoms with Crippen LogP contribution in [-0.2, 0) is 4.74 Å². The Morgan fingerprint density at radius 2 is 2.05 bits per heavy atom. The van der Waals surface area contributed by atoms with E-state index >= 15 is 0 Å². The molecule has 1 aromatic rings. The predicted octanol–water partition coefficient (Wildman–Crippen LogP) is 2.29. The molecule has 0 saturated carbocycles. The Bertz CT molecular complexity index is 529. The first-order chi connectivity index (χ1) is 10.2. The number of hydrogen-bond acceptors (Lipinski definition) is 4. The second-order valence-corrected chi connectivity index (χ2v) is 5.79. The summed E-state index contributed by atoms with van der Waals surface area (Å²) in [6.45, 7) is 4.26. The highest BCUT2D eigenvalue weighted by Crippen LogP contribution is 2.26. The van der Waals surface area contributed by atoms with Gasteiger partial charge in [-0.25, -0.2) is 9.18 Å². The molecule has 0 N–H and O–H groups in total. The van der Waals surface area contributed by atoms with E-state index in [0.717, 1.165) is 25.2 Å². The number of hydrogen-bond donors (Lipinski definition) is 0. The molecule has 3 rings (SSSR count). The Morgan fingerprint density at radius 3 is 2.71 bits per heavy atom. The summed E-state index contributed by atoms with van der Waals surface area (Å²) in [5.74, 6) is -1.14. The van der Waals surface area contributed by atoms with Crippen LogP contribution in [0.3, 0.4) is 0 Å². The first-order valence-electron chi connectivity index (χ1n) is 7.56. The molecule has 0 aliphatic carbocycles. The molecule has 4 nitrogen and oxygen atoms in total. The maximum atomic E-state index is 14.0. The lowest BCUT2D eigenvalue weighted by Gasteiger charge is -2.24. The van der Waals surface area contributed by atoms with Crippen molar-refractivity contribution in [3.05, 3.63) is 29.6 Å². The second-order valence-electron chi connectivity index (χ2n) is 5.79. The number of ether oxygens (including phenoxy) is 1. The zero-order chi connectivity index (χ0) is 14.8. The average Bonchev–Trinajstić information content (AvgIpc) is 3.17. The zero-order valence-corrected chi connectivity index (χ0v) is 12.3. The lowest BCUT2D eigenvalue weighted by atomic mass is 10.2. The standard InChI is InChI=1S/C16H21FN2O2/c1-21-16(20)14-5-4-12(10-15(14)17)19-9-6-13(11-19)18-7-2-3-8-18/h4-5,10,13H,2-3,6-9,11H2,1H3/t13-/m0/s1. The molecule has 5 heteroatoms. The minimum atomic E-state index is -0.629. The fourth-order valence-electron chi connectivity index (χ4n) is 3.36. The van der Waals surface area contributed by atoms with Crippen LogP contribution in [0.25, 0.3) is 0 Å². The average molecular weight is 292 g/mol. The third-order valence-corrected chi connectivity index (χ3v) is 4.54. The lowest BCUT2D eigenvalue weighted by Crippen LogP contribution is -2.35. The normalized spacial score (nSPS) is 22.8. The fourth-order valence-corrected chi connectivity index (χ4v) is 3.36. The van der Waals surface area contributed by atoms with Crippen molar-refractivity contribution in [2.24, 2.45) is 0 Å². The van der Waals surface area contributed by atoms with Gasteiger partial charge in [-0.3, -0.25) is 4.90 Å². The van der Waals surface area contributed by atoms with Gasteiger partial charge >= 0.3 is 5.97 Å². The highest BCUT2D eigenvalue weighted by molar-refractivity contribution is 5.90. The summed E-state index contributed by atoms with van der Waals surface area (Å²) in [6.07, 6.45) is 3.71. The van der Waals surface area contributed by atoms with E-state index in [1.807, 2.05) is 6.07 Å². The first-order valence-corrected chi connectivity index (χ1v) is 7.56. The van der Waals surface area contributed by atoms with Crippen LogP contribution in [0.5, 0.6) is 0 Å². The summed E-state index contributed by atoms with van der Waals surface area (Å²) in [5.41, 5.74) is 0.846. The molecule has 1 aromatic carbocycles. The maximum absolute atomic E-state index is 14.0. The van der Waals surface area contributed by atoms with Crippen LogP contribution in [0.15, 0.2) is 18.2 Å². The van der Waals surface area contributed by atoms with Crippen LogP contribution in [0.2, 0.25) is 0 Å². The number of methoxy groups -OCH3 is 1. The van der Waals surface area contributed by atoms with Crippen LogP contribution in [0.1, 0.15) is 29.6 Å². The summed E-state index contributed by atoms with van der Waals surface area (Å²) < 4.78 is 18.6. The number of esters is 1. The molecular formula is C16H21FN2O2. The van der Waals surface area contributed by atoms with Crippen molar-refractivity contribution in [1.29, 1.82) is 0 Å². The highest BCUT2D eigenvalue weighted by atomic mass is 19.1. The van der Waals surface area contributed by atoms with Gasteiger partial charge in [0.15, 0.2) is 0 Å².